The van der Waals surface area contributed by atoms with Gasteiger partial charge in [0, 0.05) is 40.3 Å². The van der Waals surface area contributed by atoms with Gasteiger partial charge in [-0.15, -0.1) is 0 Å². The topological polar surface area (TPSA) is 92.4 Å². The van der Waals surface area contributed by atoms with E-state index in [-0.39, 0.29) is 18.5 Å². The number of aromatic nitrogens is 2. The number of carbonyl (C=O) groups is 2. The summed E-state index contributed by atoms with van der Waals surface area (Å²) in [5.74, 6) is -2.06. The largest absolute Gasteiger partial charge is 0.481 e. The van der Waals surface area contributed by atoms with E-state index in [1.165, 1.54) is 6.20 Å². The van der Waals surface area contributed by atoms with Crippen molar-refractivity contribution in [3.8, 4) is 0 Å². The maximum absolute atomic E-state index is 11.5. The van der Waals surface area contributed by atoms with Gasteiger partial charge >= 0.3 is 11.9 Å². The highest BCUT2D eigenvalue weighted by atomic mass is 35.5. The Kier molecular flexibility index (Phi) is 3.46. The second-order valence-electron chi connectivity index (χ2n) is 4.85. The van der Waals surface area contributed by atoms with Crippen molar-refractivity contribution in [1.29, 1.82) is 0 Å². The molecular formula is C15H11ClN2O4. The number of aryl methyl sites for hydroxylation is 1. The van der Waals surface area contributed by atoms with Gasteiger partial charge in [0.15, 0.2) is 0 Å². The van der Waals surface area contributed by atoms with Gasteiger partial charge in [-0.05, 0) is 18.2 Å². The Morgan fingerprint density at radius 2 is 1.95 bits per heavy atom. The maximum Gasteiger partial charge on any atom is 0.339 e. The molecule has 112 valence electrons. The monoisotopic (exact) mass is 318 g/mol. The molecule has 0 spiro atoms. The summed E-state index contributed by atoms with van der Waals surface area (Å²) in [6, 6.07) is 5.17. The molecule has 7 heteroatoms. The van der Waals surface area contributed by atoms with Crippen molar-refractivity contribution in [1.82, 2.24) is 9.55 Å². The van der Waals surface area contributed by atoms with E-state index in [4.69, 9.17) is 16.7 Å². The summed E-state index contributed by atoms with van der Waals surface area (Å²) in [7, 11) is 0. The summed E-state index contributed by atoms with van der Waals surface area (Å²) in [6.45, 7) is 0.168. The van der Waals surface area contributed by atoms with Crippen LogP contribution in [0.3, 0.4) is 0 Å². The van der Waals surface area contributed by atoms with Crippen molar-refractivity contribution in [2.75, 3.05) is 0 Å². The van der Waals surface area contributed by atoms with E-state index in [1.807, 2.05) is 0 Å². The number of pyridine rings is 1. The predicted molar refractivity (Wildman–Crippen MR) is 81.5 cm³/mol. The number of halogens is 1. The third-order valence-electron chi connectivity index (χ3n) is 3.51. The van der Waals surface area contributed by atoms with Gasteiger partial charge in [0.05, 0.1) is 11.9 Å². The van der Waals surface area contributed by atoms with Gasteiger partial charge < -0.3 is 14.8 Å². The Labute approximate surface area is 129 Å². The van der Waals surface area contributed by atoms with Crippen LogP contribution in [-0.4, -0.2) is 31.7 Å². The van der Waals surface area contributed by atoms with Gasteiger partial charge in [-0.2, -0.15) is 0 Å². The van der Waals surface area contributed by atoms with E-state index in [0.29, 0.717) is 15.9 Å². The van der Waals surface area contributed by atoms with E-state index < -0.39 is 11.9 Å². The molecule has 0 radical (unpaired) electrons. The van der Waals surface area contributed by atoms with Crippen LogP contribution >= 0.6 is 11.6 Å². The first-order valence-electron chi connectivity index (χ1n) is 6.49. The number of aromatic carboxylic acids is 1. The summed E-state index contributed by atoms with van der Waals surface area (Å²) in [5, 5.41) is 20.2. The third kappa shape index (κ3) is 2.27. The summed E-state index contributed by atoms with van der Waals surface area (Å²) in [5.41, 5.74) is 1.23. The fraction of sp³-hybridized carbons (Fsp3) is 0.133. The van der Waals surface area contributed by atoms with Gasteiger partial charge in [0.2, 0.25) is 0 Å². The lowest BCUT2D eigenvalue weighted by molar-refractivity contribution is -0.137. The van der Waals surface area contributed by atoms with E-state index >= 15 is 0 Å². The van der Waals surface area contributed by atoms with Crippen LogP contribution in [0.15, 0.2) is 30.6 Å². The maximum atomic E-state index is 11.5. The Balaban J connectivity index is 2.40. The zero-order chi connectivity index (χ0) is 15.9. The number of hydrogen-bond acceptors (Lipinski definition) is 3. The average molecular weight is 319 g/mol. The molecule has 2 heterocycles. The van der Waals surface area contributed by atoms with E-state index in [0.717, 1.165) is 10.9 Å². The first-order chi connectivity index (χ1) is 10.5. The highest BCUT2D eigenvalue weighted by Gasteiger charge is 2.18. The summed E-state index contributed by atoms with van der Waals surface area (Å²) in [6.07, 6.45) is 2.73. The fourth-order valence-corrected chi connectivity index (χ4v) is 2.79. The number of rotatable bonds is 4. The highest BCUT2D eigenvalue weighted by Crippen LogP contribution is 2.32. The Morgan fingerprint density at radius 3 is 2.64 bits per heavy atom. The molecule has 3 rings (SSSR count). The van der Waals surface area contributed by atoms with Crippen molar-refractivity contribution in [3.05, 3.63) is 41.2 Å². The fourth-order valence-electron chi connectivity index (χ4n) is 2.62. The lowest BCUT2D eigenvalue weighted by atomic mass is 10.1. The molecule has 0 bridgehead atoms. The van der Waals surface area contributed by atoms with Gasteiger partial charge in [-0.1, -0.05) is 11.6 Å². The summed E-state index contributed by atoms with van der Waals surface area (Å²) >= 11 is 6.02. The van der Waals surface area contributed by atoms with Gasteiger partial charge in [-0.25, -0.2) is 4.79 Å². The van der Waals surface area contributed by atoms with E-state index in [1.54, 1.807) is 29.0 Å². The minimum atomic E-state index is -1.11. The molecule has 0 saturated heterocycles. The van der Waals surface area contributed by atoms with Gasteiger partial charge in [-0.3, -0.25) is 9.78 Å². The predicted octanol–water partition coefficient (Wildman–Crippen LogP) is 3.02. The van der Waals surface area contributed by atoms with Crippen LogP contribution in [0.25, 0.3) is 21.8 Å². The van der Waals surface area contributed by atoms with Crippen molar-refractivity contribution >= 4 is 45.3 Å². The number of carboxylic acid groups (broad SMARTS) is 2. The molecule has 0 amide bonds. The summed E-state index contributed by atoms with van der Waals surface area (Å²) < 4.78 is 1.69. The van der Waals surface area contributed by atoms with Crippen LogP contribution in [0.4, 0.5) is 0 Å². The van der Waals surface area contributed by atoms with Crippen LogP contribution in [0, 0.1) is 0 Å². The number of aliphatic carboxylic acids is 1. The molecule has 0 fully saturated rings. The van der Waals surface area contributed by atoms with Crippen LogP contribution in [-0.2, 0) is 11.3 Å². The summed E-state index contributed by atoms with van der Waals surface area (Å²) in [4.78, 5) is 26.3. The molecule has 2 aromatic heterocycles. The minimum absolute atomic E-state index is 0.0372. The molecule has 3 aromatic rings. The second-order valence-corrected chi connectivity index (χ2v) is 5.28. The molecular weight excluding hydrogens is 308 g/mol. The molecule has 2 N–H and O–H groups in total. The number of nitrogens with zero attached hydrogens (tertiary/aromatic N) is 2. The van der Waals surface area contributed by atoms with Crippen molar-refractivity contribution in [2.45, 2.75) is 13.0 Å². The SMILES string of the molecule is O=C(O)CCn1c2ccc(Cl)cc2c2cncc(C(=O)O)c21. The number of benzene rings is 1. The van der Waals surface area contributed by atoms with Crippen molar-refractivity contribution in [2.24, 2.45) is 0 Å². The number of fused-ring (bicyclic) bond motifs is 3. The minimum Gasteiger partial charge on any atom is -0.481 e. The zero-order valence-electron chi connectivity index (χ0n) is 11.3. The van der Waals surface area contributed by atoms with Crippen molar-refractivity contribution in [3.63, 3.8) is 0 Å². The van der Waals surface area contributed by atoms with E-state index in [2.05, 4.69) is 4.98 Å². The molecule has 0 aliphatic rings. The number of hydrogen-bond donors (Lipinski definition) is 2. The van der Waals surface area contributed by atoms with Gasteiger partial charge in [0.1, 0.15) is 5.56 Å². The standard InChI is InChI=1S/C15H11ClN2O4/c16-8-1-2-12-9(5-8)10-6-17-7-11(15(21)22)14(10)18(12)4-3-13(19)20/h1-2,5-7H,3-4H2,(H,19,20)(H,21,22). The van der Waals surface area contributed by atoms with Crippen molar-refractivity contribution < 1.29 is 19.8 Å². The van der Waals surface area contributed by atoms with Gasteiger partial charge in [0.25, 0.3) is 0 Å². The Morgan fingerprint density at radius 1 is 1.18 bits per heavy atom. The molecule has 0 saturated carbocycles. The molecule has 0 unspecified atom stereocenters. The first-order valence-corrected chi connectivity index (χ1v) is 6.87. The van der Waals surface area contributed by atoms with Crippen LogP contribution in [0.5, 0.6) is 0 Å². The molecule has 6 nitrogen and oxygen atoms in total. The highest BCUT2D eigenvalue weighted by molar-refractivity contribution is 6.32. The lowest BCUT2D eigenvalue weighted by Crippen LogP contribution is -2.07. The third-order valence-corrected chi connectivity index (χ3v) is 3.74. The molecule has 0 atom stereocenters. The Bertz CT molecular complexity index is 917. The second kappa shape index (κ2) is 5.31. The average Bonchev–Trinajstić information content (AvgIpc) is 2.78. The molecule has 0 aliphatic carbocycles. The van der Waals surface area contributed by atoms with E-state index in [9.17, 15) is 14.7 Å². The molecule has 22 heavy (non-hydrogen) atoms. The normalized spacial score (nSPS) is 11.1. The molecule has 0 aliphatic heterocycles. The quantitative estimate of drug-likeness (QED) is 0.771. The van der Waals surface area contributed by atoms with Crippen LogP contribution < -0.4 is 0 Å². The van der Waals surface area contributed by atoms with Crippen LogP contribution in [0.2, 0.25) is 5.02 Å². The molecule has 1 aromatic carbocycles. The smallest absolute Gasteiger partial charge is 0.339 e. The number of carboxylic acids is 2. The zero-order valence-corrected chi connectivity index (χ0v) is 12.0. The first kappa shape index (κ1) is 14.3. The van der Waals surface area contributed by atoms with Crippen LogP contribution in [0.1, 0.15) is 16.8 Å². The Hall–Kier alpha value is -2.60. The lowest BCUT2D eigenvalue weighted by Gasteiger charge is -2.07.